The summed E-state index contributed by atoms with van der Waals surface area (Å²) >= 11 is 0. The first-order chi connectivity index (χ1) is 9.58. The second-order valence-corrected chi connectivity index (χ2v) is 4.65. The summed E-state index contributed by atoms with van der Waals surface area (Å²) in [5.74, 6) is -0.0810. The summed E-state index contributed by atoms with van der Waals surface area (Å²) in [5.41, 5.74) is 0.204. The number of aromatic nitrogens is 4. The second-order valence-electron chi connectivity index (χ2n) is 4.65. The molecule has 0 spiro atoms. The molecule has 2 heterocycles. The Morgan fingerprint density at radius 2 is 2.25 bits per heavy atom. The van der Waals surface area contributed by atoms with Crippen LogP contribution in [0.15, 0.2) is 24.8 Å². The number of hydrogen-bond acceptors (Lipinski definition) is 4. The number of halogens is 1. The van der Waals surface area contributed by atoms with E-state index in [2.05, 4.69) is 20.5 Å². The molecule has 0 saturated heterocycles. The van der Waals surface area contributed by atoms with Crippen molar-refractivity contribution in [2.45, 2.75) is 26.3 Å². The molecule has 0 aliphatic rings. The predicted molar refractivity (Wildman–Crippen MR) is 70.6 cm³/mol. The zero-order valence-corrected chi connectivity index (χ0v) is 11.4. The molecule has 0 unspecified atom stereocenters. The summed E-state index contributed by atoms with van der Waals surface area (Å²) in [6.07, 6.45) is 4.61. The van der Waals surface area contributed by atoms with Gasteiger partial charge in [-0.1, -0.05) is 0 Å². The largest absolute Gasteiger partial charge is 0.352 e. The topological polar surface area (TPSA) is 72.7 Å². The fourth-order valence-corrected chi connectivity index (χ4v) is 1.80. The third-order valence-electron chi connectivity index (χ3n) is 2.80. The van der Waals surface area contributed by atoms with E-state index in [9.17, 15) is 9.18 Å². The minimum atomic E-state index is -0.530. The van der Waals surface area contributed by atoms with E-state index < -0.39 is 5.82 Å². The molecule has 0 bridgehead atoms. The minimum absolute atomic E-state index is 0.204. The summed E-state index contributed by atoms with van der Waals surface area (Å²) in [6, 6.07) is 1.42. The highest BCUT2D eigenvalue weighted by Crippen LogP contribution is 2.06. The van der Waals surface area contributed by atoms with Crippen LogP contribution in [-0.2, 0) is 6.42 Å². The highest BCUT2D eigenvalue weighted by atomic mass is 19.1. The molecule has 2 aromatic rings. The van der Waals surface area contributed by atoms with Crippen LogP contribution in [0.3, 0.4) is 0 Å². The lowest BCUT2D eigenvalue weighted by Gasteiger charge is -2.10. The van der Waals surface area contributed by atoms with Gasteiger partial charge < -0.3 is 9.88 Å². The van der Waals surface area contributed by atoms with Crippen LogP contribution < -0.4 is 5.32 Å². The number of nitrogens with one attached hydrogen (secondary N) is 1. The van der Waals surface area contributed by atoms with E-state index in [0.717, 1.165) is 18.1 Å². The minimum Gasteiger partial charge on any atom is -0.352 e. The molecule has 20 heavy (non-hydrogen) atoms. The Labute approximate surface area is 116 Å². The molecule has 7 heteroatoms. The van der Waals surface area contributed by atoms with E-state index in [-0.39, 0.29) is 17.5 Å². The van der Waals surface area contributed by atoms with Crippen molar-refractivity contribution < 1.29 is 9.18 Å². The Balaban J connectivity index is 1.90. The van der Waals surface area contributed by atoms with Crippen LogP contribution in [0.1, 0.15) is 36.1 Å². The molecule has 106 valence electrons. The fraction of sp³-hybridized carbons (Fsp3) is 0.385. The van der Waals surface area contributed by atoms with E-state index in [1.807, 2.05) is 18.4 Å². The van der Waals surface area contributed by atoms with Gasteiger partial charge in [0, 0.05) is 25.2 Å². The van der Waals surface area contributed by atoms with Gasteiger partial charge in [0.05, 0.1) is 11.8 Å². The number of rotatable bonds is 5. The Hall–Kier alpha value is -2.31. The van der Waals surface area contributed by atoms with Gasteiger partial charge >= 0.3 is 0 Å². The number of carbonyl (C=O) groups excluding carboxylic acids is 1. The SMILES string of the molecule is CC(C)n1cnnc1CCNC(=O)c1cncc(F)c1. The van der Waals surface area contributed by atoms with Crippen molar-refractivity contribution in [1.82, 2.24) is 25.1 Å². The monoisotopic (exact) mass is 277 g/mol. The van der Waals surface area contributed by atoms with Gasteiger partial charge in [0.1, 0.15) is 18.0 Å². The van der Waals surface area contributed by atoms with Crippen molar-refractivity contribution in [3.05, 3.63) is 42.0 Å². The number of carbonyl (C=O) groups is 1. The second kappa shape index (κ2) is 6.23. The summed E-state index contributed by atoms with van der Waals surface area (Å²) in [6.45, 7) is 4.47. The maximum absolute atomic E-state index is 13.0. The summed E-state index contributed by atoms with van der Waals surface area (Å²) in [7, 11) is 0. The predicted octanol–water partition coefficient (Wildman–Crippen LogP) is 1.37. The maximum atomic E-state index is 13.0. The number of hydrogen-bond donors (Lipinski definition) is 1. The smallest absolute Gasteiger partial charge is 0.252 e. The molecule has 2 rings (SSSR count). The zero-order chi connectivity index (χ0) is 14.5. The van der Waals surface area contributed by atoms with Crippen molar-refractivity contribution >= 4 is 5.91 Å². The molecular formula is C13H16FN5O. The van der Waals surface area contributed by atoms with Gasteiger partial charge in [-0.3, -0.25) is 9.78 Å². The third kappa shape index (κ3) is 3.37. The number of pyridine rings is 1. The Morgan fingerprint density at radius 1 is 1.45 bits per heavy atom. The maximum Gasteiger partial charge on any atom is 0.252 e. The molecule has 0 atom stereocenters. The van der Waals surface area contributed by atoms with Crippen molar-refractivity contribution in [1.29, 1.82) is 0 Å². The summed E-state index contributed by atoms with van der Waals surface area (Å²) < 4.78 is 14.9. The molecule has 6 nitrogen and oxygen atoms in total. The normalized spacial score (nSPS) is 10.8. The lowest BCUT2D eigenvalue weighted by atomic mass is 10.2. The average Bonchev–Trinajstić information content (AvgIpc) is 2.87. The molecule has 0 radical (unpaired) electrons. The van der Waals surface area contributed by atoms with Crippen molar-refractivity contribution in [3.8, 4) is 0 Å². The first-order valence-electron chi connectivity index (χ1n) is 6.35. The highest BCUT2D eigenvalue weighted by molar-refractivity contribution is 5.93. The Morgan fingerprint density at radius 3 is 2.95 bits per heavy atom. The van der Waals surface area contributed by atoms with Crippen molar-refractivity contribution in [2.75, 3.05) is 6.54 Å². The molecule has 0 aliphatic carbocycles. The van der Waals surface area contributed by atoms with Crippen LogP contribution in [-0.4, -0.2) is 32.2 Å². The zero-order valence-electron chi connectivity index (χ0n) is 11.4. The van der Waals surface area contributed by atoms with E-state index in [1.165, 1.54) is 6.20 Å². The standard InChI is InChI=1S/C13H16FN5O/c1-9(2)19-8-17-18-12(19)3-4-16-13(20)10-5-11(14)7-15-6-10/h5-9H,3-4H2,1-2H3,(H,16,20). The summed E-state index contributed by atoms with van der Waals surface area (Å²) in [5, 5.41) is 10.6. The van der Waals surface area contributed by atoms with E-state index in [4.69, 9.17) is 0 Å². The van der Waals surface area contributed by atoms with Gasteiger partial charge in [-0.05, 0) is 19.9 Å². The molecule has 0 aliphatic heterocycles. The Kier molecular flexibility index (Phi) is 4.39. The van der Waals surface area contributed by atoms with Gasteiger partial charge in [-0.2, -0.15) is 0 Å². The quantitative estimate of drug-likeness (QED) is 0.895. The van der Waals surface area contributed by atoms with Crippen LogP contribution >= 0.6 is 0 Å². The van der Waals surface area contributed by atoms with Crippen LogP contribution in [0, 0.1) is 5.82 Å². The van der Waals surface area contributed by atoms with Gasteiger partial charge in [-0.15, -0.1) is 10.2 Å². The lowest BCUT2D eigenvalue weighted by molar-refractivity contribution is 0.0953. The van der Waals surface area contributed by atoms with Crippen LogP contribution in [0.5, 0.6) is 0 Å². The molecule has 2 aromatic heterocycles. The average molecular weight is 277 g/mol. The number of nitrogens with zero attached hydrogens (tertiary/aromatic N) is 4. The molecule has 0 fully saturated rings. The van der Waals surface area contributed by atoms with Gasteiger partial charge in [0.2, 0.25) is 0 Å². The highest BCUT2D eigenvalue weighted by Gasteiger charge is 2.09. The van der Waals surface area contributed by atoms with Crippen molar-refractivity contribution in [2.24, 2.45) is 0 Å². The van der Waals surface area contributed by atoms with Gasteiger partial charge in [-0.25, -0.2) is 4.39 Å². The van der Waals surface area contributed by atoms with E-state index in [0.29, 0.717) is 13.0 Å². The lowest BCUT2D eigenvalue weighted by Crippen LogP contribution is -2.26. The van der Waals surface area contributed by atoms with Crippen LogP contribution in [0.2, 0.25) is 0 Å². The van der Waals surface area contributed by atoms with Crippen molar-refractivity contribution in [3.63, 3.8) is 0 Å². The van der Waals surface area contributed by atoms with Gasteiger partial charge in [0.25, 0.3) is 5.91 Å². The Bertz CT molecular complexity index is 596. The van der Waals surface area contributed by atoms with Gasteiger partial charge in [0.15, 0.2) is 0 Å². The molecular weight excluding hydrogens is 261 g/mol. The molecule has 1 N–H and O–H groups in total. The molecule has 1 amide bonds. The first kappa shape index (κ1) is 14.1. The van der Waals surface area contributed by atoms with Crippen LogP contribution in [0.4, 0.5) is 4.39 Å². The molecule has 0 saturated carbocycles. The molecule has 0 aromatic carbocycles. The third-order valence-corrected chi connectivity index (χ3v) is 2.80. The fourth-order valence-electron chi connectivity index (χ4n) is 1.80. The van der Waals surface area contributed by atoms with E-state index in [1.54, 1.807) is 6.33 Å². The first-order valence-corrected chi connectivity index (χ1v) is 6.35. The summed E-state index contributed by atoms with van der Waals surface area (Å²) in [4.78, 5) is 15.4. The van der Waals surface area contributed by atoms with Crippen LogP contribution in [0.25, 0.3) is 0 Å². The van der Waals surface area contributed by atoms with E-state index >= 15 is 0 Å². The number of amides is 1.